The molecule has 2 aromatic rings. The van der Waals surface area contributed by atoms with E-state index in [-0.39, 0.29) is 0 Å². The highest BCUT2D eigenvalue weighted by Gasteiger charge is 1.96. The van der Waals surface area contributed by atoms with Gasteiger partial charge in [0.2, 0.25) is 0 Å². The highest BCUT2D eigenvalue weighted by molar-refractivity contribution is 5.27. The smallest absolute Gasteiger partial charge is 0.119 e. The summed E-state index contributed by atoms with van der Waals surface area (Å²) in [5.74, 6) is 0.854. The van der Waals surface area contributed by atoms with Gasteiger partial charge in [0.15, 0.2) is 0 Å². The monoisotopic (exact) mass is 286 g/mol. The van der Waals surface area contributed by atoms with Crippen molar-refractivity contribution < 1.29 is 9.47 Å². The van der Waals surface area contributed by atoms with Gasteiger partial charge in [0.1, 0.15) is 12.4 Å². The van der Waals surface area contributed by atoms with Crippen LogP contribution in [0.15, 0.2) is 48.8 Å². The number of aryl methyl sites for hydroxylation is 1. The molecule has 0 unspecified atom stereocenters. The minimum absolute atomic E-state index is 0.556. The summed E-state index contributed by atoms with van der Waals surface area (Å²) < 4.78 is 11.2. The van der Waals surface area contributed by atoms with Gasteiger partial charge in [0.05, 0.1) is 6.61 Å². The molecule has 4 nitrogen and oxygen atoms in total. The molecule has 2 rings (SSSR count). The molecule has 0 aliphatic rings. The Morgan fingerprint density at radius 3 is 2.33 bits per heavy atom. The van der Waals surface area contributed by atoms with E-state index in [0.29, 0.717) is 19.8 Å². The number of benzene rings is 1. The lowest BCUT2D eigenvalue weighted by Gasteiger charge is -2.08. The van der Waals surface area contributed by atoms with E-state index in [1.54, 1.807) is 0 Å². The zero-order valence-corrected chi connectivity index (χ0v) is 12.2. The van der Waals surface area contributed by atoms with Crippen LogP contribution in [0.25, 0.3) is 0 Å². The van der Waals surface area contributed by atoms with E-state index in [0.717, 1.165) is 30.8 Å². The van der Waals surface area contributed by atoms with Gasteiger partial charge in [-0.25, -0.2) is 0 Å². The van der Waals surface area contributed by atoms with Crippen LogP contribution in [-0.2, 0) is 17.7 Å². The van der Waals surface area contributed by atoms with Crippen LogP contribution in [0.4, 0.5) is 0 Å². The Morgan fingerprint density at radius 2 is 1.62 bits per heavy atom. The molecule has 1 aromatic heterocycles. The predicted molar refractivity (Wildman–Crippen MR) is 83.2 cm³/mol. The summed E-state index contributed by atoms with van der Waals surface area (Å²) in [5, 5.41) is 0. The molecule has 1 heterocycles. The molecule has 0 saturated heterocycles. The number of ether oxygens (including phenoxy) is 2. The van der Waals surface area contributed by atoms with Crippen LogP contribution in [0.3, 0.4) is 0 Å². The molecule has 21 heavy (non-hydrogen) atoms. The first-order valence-electron chi connectivity index (χ1n) is 7.27. The van der Waals surface area contributed by atoms with Gasteiger partial charge in [-0.3, -0.25) is 4.98 Å². The van der Waals surface area contributed by atoms with E-state index in [2.05, 4.69) is 4.98 Å². The van der Waals surface area contributed by atoms with Crippen molar-refractivity contribution in [1.29, 1.82) is 0 Å². The summed E-state index contributed by atoms with van der Waals surface area (Å²) in [6, 6.07) is 11.9. The maximum Gasteiger partial charge on any atom is 0.119 e. The molecule has 4 heteroatoms. The molecule has 2 N–H and O–H groups in total. The highest BCUT2D eigenvalue weighted by atomic mass is 16.5. The first kappa shape index (κ1) is 15.5. The van der Waals surface area contributed by atoms with E-state index in [9.17, 15) is 0 Å². The van der Waals surface area contributed by atoms with Gasteiger partial charge in [-0.2, -0.15) is 0 Å². The topological polar surface area (TPSA) is 57.4 Å². The number of hydrogen-bond donors (Lipinski definition) is 1. The van der Waals surface area contributed by atoms with Crippen molar-refractivity contribution in [2.75, 3.05) is 19.8 Å². The summed E-state index contributed by atoms with van der Waals surface area (Å²) >= 11 is 0. The zero-order chi connectivity index (χ0) is 14.8. The number of pyridine rings is 1. The average molecular weight is 286 g/mol. The van der Waals surface area contributed by atoms with Gasteiger partial charge in [0, 0.05) is 25.5 Å². The largest absolute Gasteiger partial charge is 0.491 e. The Hall–Kier alpha value is -1.91. The van der Waals surface area contributed by atoms with Crippen molar-refractivity contribution in [3.05, 3.63) is 59.9 Å². The highest BCUT2D eigenvalue weighted by Crippen LogP contribution is 2.11. The van der Waals surface area contributed by atoms with Gasteiger partial charge < -0.3 is 15.2 Å². The molecular weight excluding hydrogens is 264 g/mol. The molecule has 0 saturated carbocycles. The van der Waals surface area contributed by atoms with Crippen LogP contribution in [-0.4, -0.2) is 24.8 Å². The summed E-state index contributed by atoms with van der Waals surface area (Å²) in [7, 11) is 0. The Morgan fingerprint density at radius 1 is 0.857 bits per heavy atom. The third kappa shape index (κ3) is 5.94. The van der Waals surface area contributed by atoms with Crippen LogP contribution in [0, 0.1) is 0 Å². The molecule has 0 radical (unpaired) electrons. The lowest BCUT2D eigenvalue weighted by atomic mass is 10.1. The van der Waals surface area contributed by atoms with E-state index < -0.39 is 0 Å². The van der Waals surface area contributed by atoms with E-state index >= 15 is 0 Å². The summed E-state index contributed by atoms with van der Waals surface area (Å²) in [5.41, 5.74) is 7.95. The molecule has 0 spiro atoms. The first-order valence-corrected chi connectivity index (χ1v) is 7.27. The normalized spacial score (nSPS) is 10.5. The van der Waals surface area contributed by atoms with Crippen LogP contribution < -0.4 is 10.5 Å². The Kier molecular flexibility index (Phi) is 6.71. The predicted octanol–water partition coefficient (Wildman–Crippen LogP) is 2.57. The molecule has 1 aromatic carbocycles. The zero-order valence-electron chi connectivity index (χ0n) is 12.2. The van der Waals surface area contributed by atoms with Crippen LogP contribution >= 0.6 is 0 Å². The van der Waals surface area contributed by atoms with Crippen LogP contribution in [0.2, 0.25) is 0 Å². The van der Waals surface area contributed by atoms with Gasteiger partial charge >= 0.3 is 0 Å². The molecule has 0 aliphatic carbocycles. The fourth-order valence-electron chi connectivity index (χ4n) is 1.97. The van der Waals surface area contributed by atoms with Crippen LogP contribution in [0.1, 0.15) is 17.5 Å². The van der Waals surface area contributed by atoms with Gasteiger partial charge in [-0.15, -0.1) is 0 Å². The van der Waals surface area contributed by atoms with Gasteiger partial charge in [-0.05, 0) is 48.2 Å². The van der Waals surface area contributed by atoms with Crippen molar-refractivity contribution in [3.8, 4) is 5.75 Å². The summed E-state index contributed by atoms with van der Waals surface area (Å²) in [6.45, 7) is 2.48. The summed E-state index contributed by atoms with van der Waals surface area (Å²) in [6.07, 6.45) is 5.67. The SMILES string of the molecule is NCc1ccc(OCCOCCCc2ccncc2)cc1. The number of nitrogens with two attached hydrogens (primary N) is 1. The molecule has 0 fully saturated rings. The van der Waals surface area contributed by atoms with Crippen molar-refractivity contribution >= 4 is 0 Å². The molecule has 0 aliphatic heterocycles. The quantitative estimate of drug-likeness (QED) is 0.720. The fourth-order valence-corrected chi connectivity index (χ4v) is 1.97. The fraction of sp³-hybridized carbons (Fsp3) is 0.353. The minimum Gasteiger partial charge on any atom is -0.491 e. The maximum atomic E-state index is 5.60. The van der Waals surface area contributed by atoms with E-state index in [1.807, 2.05) is 48.8 Å². The third-order valence-electron chi connectivity index (χ3n) is 3.16. The second kappa shape index (κ2) is 9.10. The lowest BCUT2D eigenvalue weighted by molar-refractivity contribution is 0.0985. The molecule has 0 bridgehead atoms. The molecule has 0 atom stereocenters. The van der Waals surface area contributed by atoms with Gasteiger partial charge in [0.25, 0.3) is 0 Å². The second-order valence-corrected chi connectivity index (χ2v) is 4.77. The van der Waals surface area contributed by atoms with Crippen LogP contribution in [0.5, 0.6) is 5.75 Å². The van der Waals surface area contributed by atoms with Crippen molar-refractivity contribution in [3.63, 3.8) is 0 Å². The lowest BCUT2D eigenvalue weighted by Crippen LogP contribution is -2.08. The molecule has 0 amide bonds. The van der Waals surface area contributed by atoms with Gasteiger partial charge in [-0.1, -0.05) is 12.1 Å². The van der Waals surface area contributed by atoms with E-state index in [1.165, 1.54) is 5.56 Å². The number of aromatic nitrogens is 1. The molecular formula is C17H22N2O2. The molecule has 112 valence electrons. The maximum absolute atomic E-state index is 5.60. The first-order chi connectivity index (χ1) is 10.4. The second-order valence-electron chi connectivity index (χ2n) is 4.77. The third-order valence-corrected chi connectivity index (χ3v) is 3.16. The van der Waals surface area contributed by atoms with Crippen molar-refractivity contribution in [1.82, 2.24) is 4.98 Å². The standard InChI is InChI=1S/C17H22N2O2/c18-14-16-3-5-17(6-4-16)21-13-12-20-11-1-2-15-7-9-19-10-8-15/h3-10H,1-2,11-14,18H2. The van der Waals surface area contributed by atoms with Crippen molar-refractivity contribution in [2.45, 2.75) is 19.4 Å². The summed E-state index contributed by atoms with van der Waals surface area (Å²) in [4.78, 5) is 4.00. The Labute approximate surface area is 125 Å². The minimum atomic E-state index is 0.556. The van der Waals surface area contributed by atoms with E-state index in [4.69, 9.17) is 15.2 Å². The average Bonchev–Trinajstić information content (AvgIpc) is 2.55. The number of nitrogens with zero attached hydrogens (tertiary/aromatic N) is 1. The Bertz CT molecular complexity index is 500. The van der Waals surface area contributed by atoms with Crippen molar-refractivity contribution in [2.24, 2.45) is 5.73 Å². The Balaban J connectivity index is 1.51. The number of hydrogen-bond acceptors (Lipinski definition) is 4. The number of rotatable bonds is 9.